The zero-order valence-corrected chi connectivity index (χ0v) is 13.6. The molecule has 1 aliphatic rings. The van der Waals surface area contributed by atoms with Crippen molar-refractivity contribution >= 4 is 11.8 Å². The van der Waals surface area contributed by atoms with Crippen LogP contribution in [0.4, 0.5) is 0 Å². The Bertz CT molecular complexity index is 566. The van der Waals surface area contributed by atoms with Gasteiger partial charge in [0.05, 0.1) is 0 Å². The molecule has 1 N–H and O–H groups in total. The zero-order valence-electron chi connectivity index (χ0n) is 12.8. The number of fused-ring (bicyclic) bond motifs is 1. The van der Waals surface area contributed by atoms with Gasteiger partial charge in [-0.05, 0) is 42.5 Å². The van der Waals surface area contributed by atoms with Crippen LogP contribution in [0.15, 0.2) is 53.4 Å². The number of aryl methyl sites for hydroxylation is 1. The lowest BCUT2D eigenvalue weighted by Gasteiger charge is -2.17. The molecule has 0 saturated carbocycles. The van der Waals surface area contributed by atoms with Gasteiger partial charge in [-0.2, -0.15) is 0 Å². The largest absolute Gasteiger partial charge is 0.309 e. The van der Waals surface area contributed by atoms with Gasteiger partial charge in [0.15, 0.2) is 0 Å². The van der Waals surface area contributed by atoms with Gasteiger partial charge < -0.3 is 5.32 Å². The molecule has 0 radical (unpaired) electrons. The van der Waals surface area contributed by atoms with Crippen molar-refractivity contribution in [1.29, 1.82) is 0 Å². The Balaban J connectivity index is 1.53. The molecule has 21 heavy (non-hydrogen) atoms. The third kappa shape index (κ3) is 3.50. The van der Waals surface area contributed by atoms with Crippen LogP contribution in [0.3, 0.4) is 0 Å². The van der Waals surface area contributed by atoms with E-state index in [9.17, 15) is 0 Å². The Morgan fingerprint density at radius 2 is 1.90 bits per heavy atom. The normalized spacial score (nSPS) is 18.5. The van der Waals surface area contributed by atoms with Crippen molar-refractivity contribution in [2.24, 2.45) is 0 Å². The second-order valence-corrected chi connectivity index (χ2v) is 7.12. The number of hydrogen-bond acceptors (Lipinski definition) is 2. The predicted octanol–water partition coefficient (Wildman–Crippen LogP) is 4.62. The summed E-state index contributed by atoms with van der Waals surface area (Å²) in [6, 6.07) is 18.2. The van der Waals surface area contributed by atoms with Crippen LogP contribution < -0.4 is 5.32 Å². The van der Waals surface area contributed by atoms with Crippen LogP contribution in [0.25, 0.3) is 0 Å². The van der Waals surface area contributed by atoms with Gasteiger partial charge in [-0.25, -0.2) is 0 Å². The first-order valence-electron chi connectivity index (χ1n) is 7.83. The number of thioether (sulfide) groups is 1. The van der Waals surface area contributed by atoms with E-state index in [-0.39, 0.29) is 0 Å². The molecule has 2 unspecified atom stereocenters. The number of hydrogen-bond donors (Lipinski definition) is 1. The molecule has 3 rings (SSSR count). The summed E-state index contributed by atoms with van der Waals surface area (Å²) in [5, 5.41) is 4.36. The van der Waals surface area contributed by atoms with Gasteiger partial charge in [0.2, 0.25) is 0 Å². The van der Waals surface area contributed by atoms with Crippen LogP contribution in [-0.4, -0.2) is 11.8 Å². The Morgan fingerprint density at radius 3 is 2.62 bits per heavy atom. The first-order chi connectivity index (χ1) is 10.3. The van der Waals surface area contributed by atoms with Crippen molar-refractivity contribution in [2.75, 3.05) is 6.54 Å². The monoisotopic (exact) mass is 297 g/mol. The molecule has 0 bridgehead atoms. The van der Waals surface area contributed by atoms with Crippen LogP contribution in [0.2, 0.25) is 0 Å². The van der Waals surface area contributed by atoms with Crippen LogP contribution >= 0.6 is 11.8 Å². The maximum Gasteiger partial charge on any atom is 0.0292 e. The van der Waals surface area contributed by atoms with Crippen molar-refractivity contribution in [3.63, 3.8) is 0 Å². The third-order valence-electron chi connectivity index (χ3n) is 4.25. The maximum atomic E-state index is 3.69. The SMILES string of the molecule is CCc1ccc(C(C)NCC2Cc3ccccc3S2)cc1. The van der Waals surface area contributed by atoms with Gasteiger partial charge in [-0.15, -0.1) is 11.8 Å². The highest BCUT2D eigenvalue weighted by molar-refractivity contribution is 8.00. The maximum absolute atomic E-state index is 3.69. The van der Waals surface area contributed by atoms with E-state index in [1.807, 2.05) is 11.8 Å². The second kappa shape index (κ2) is 6.67. The lowest BCUT2D eigenvalue weighted by molar-refractivity contribution is 0.567. The van der Waals surface area contributed by atoms with Crippen LogP contribution in [0, 0.1) is 0 Å². The lowest BCUT2D eigenvalue weighted by Crippen LogP contribution is -2.27. The van der Waals surface area contributed by atoms with E-state index >= 15 is 0 Å². The number of rotatable bonds is 5. The third-order valence-corrected chi connectivity index (χ3v) is 5.57. The summed E-state index contributed by atoms with van der Waals surface area (Å²) in [6.07, 6.45) is 2.30. The molecule has 2 aromatic rings. The molecule has 1 aliphatic heterocycles. The summed E-state index contributed by atoms with van der Waals surface area (Å²) < 4.78 is 0. The molecular weight excluding hydrogens is 274 g/mol. The molecule has 0 saturated heterocycles. The summed E-state index contributed by atoms with van der Waals surface area (Å²) >= 11 is 2.02. The van der Waals surface area contributed by atoms with Crippen molar-refractivity contribution < 1.29 is 0 Å². The standard InChI is InChI=1S/C19H23NS/c1-3-15-8-10-16(11-9-15)14(2)20-13-18-12-17-6-4-5-7-19(17)21-18/h4-11,14,18,20H,3,12-13H2,1-2H3. The summed E-state index contributed by atoms with van der Waals surface area (Å²) in [6.45, 7) is 5.52. The molecular formula is C19H23NS. The van der Waals surface area contributed by atoms with E-state index in [1.165, 1.54) is 28.0 Å². The zero-order chi connectivity index (χ0) is 14.7. The van der Waals surface area contributed by atoms with E-state index < -0.39 is 0 Å². The van der Waals surface area contributed by atoms with Crippen molar-refractivity contribution in [1.82, 2.24) is 5.32 Å². The fourth-order valence-corrected chi connectivity index (χ4v) is 4.10. The fraction of sp³-hybridized carbons (Fsp3) is 0.368. The minimum atomic E-state index is 0.417. The fourth-order valence-electron chi connectivity index (χ4n) is 2.84. The minimum absolute atomic E-state index is 0.417. The topological polar surface area (TPSA) is 12.0 Å². The van der Waals surface area contributed by atoms with Gasteiger partial charge in [0.1, 0.15) is 0 Å². The van der Waals surface area contributed by atoms with Crippen molar-refractivity contribution in [3.05, 3.63) is 65.2 Å². The smallest absolute Gasteiger partial charge is 0.0292 e. The Hall–Kier alpha value is -1.25. The molecule has 1 nitrogen and oxygen atoms in total. The average Bonchev–Trinajstić information content (AvgIpc) is 2.95. The Kier molecular flexibility index (Phi) is 4.67. The summed E-state index contributed by atoms with van der Waals surface area (Å²) in [7, 11) is 0. The van der Waals surface area contributed by atoms with Gasteiger partial charge in [0.25, 0.3) is 0 Å². The molecule has 0 aliphatic carbocycles. The van der Waals surface area contributed by atoms with Gasteiger partial charge >= 0.3 is 0 Å². The van der Waals surface area contributed by atoms with Crippen LogP contribution in [0.1, 0.15) is 36.6 Å². The molecule has 0 fully saturated rings. The van der Waals surface area contributed by atoms with Crippen LogP contribution in [-0.2, 0) is 12.8 Å². The Labute approximate surface area is 132 Å². The van der Waals surface area contributed by atoms with E-state index in [0.29, 0.717) is 11.3 Å². The van der Waals surface area contributed by atoms with Gasteiger partial charge in [-0.3, -0.25) is 0 Å². The lowest BCUT2D eigenvalue weighted by atomic mass is 10.0. The van der Waals surface area contributed by atoms with Crippen LogP contribution in [0.5, 0.6) is 0 Å². The first kappa shape index (κ1) is 14.7. The van der Waals surface area contributed by atoms with E-state index in [2.05, 4.69) is 67.7 Å². The number of nitrogens with one attached hydrogen (secondary N) is 1. The Morgan fingerprint density at radius 1 is 1.14 bits per heavy atom. The minimum Gasteiger partial charge on any atom is -0.309 e. The summed E-state index contributed by atoms with van der Waals surface area (Å²) in [5.74, 6) is 0. The first-order valence-corrected chi connectivity index (χ1v) is 8.71. The highest BCUT2D eigenvalue weighted by atomic mass is 32.2. The molecule has 0 amide bonds. The van der Waals surface area contributed by atoms with Crippen molar-refractivity contribution in [2.45, 2.75) is 42.9 Å². The molecule has 0 aromatic heterocycles. The van der Waals surface area contributed by atoms with E-state index in [1.54, 1.807) is 0 Å². The highest BCUT2D eigenvalue weighted by Gasteiger charge is 2.21. The van der Waals surface area contributed by atoms with Crippen molar-refractivity contribution in [3.8, 4) is 0 Å². The van der Waals surface area contributed by atoms with Gasteiger partial charge in [-0.1, -0.05) is 49.4 Å². The molecule has 0 spiro atoms. The predicted molar refractivity (Wildman–Crippen MR) is 92.0 cm³/mol. The molecule has 2 atom stereocenters. The summed E-state index contributed by atoms with van der Waals surface area (Å²) in [4.78, 5) is 1.46. The van der Waals surface area contributed by atoms with E-state index in [0.717, 1.165) is 13.0 Å². The average molecular weight is 297 g/mol. The molecule has 2 aromatic carbocycles. The molecule has 1 heterocycles. The second-order valence-electron chi connectivity index (χ2n) is 5.78. The molecule has 2 heteroatoms. The number of benzene rings is 2. The highest BCUT2D eigenvalue weighted by Crippen LogP contribution is 2.36. The van der Waals surface area contributed by atoms with E-state index in [4.69, 9.17) is 0 Å². The quantitative estimate of drug-likeness (QED) is 0.864. The molecule has 110 valence electrons. The summed E-state index contributed by atoms with van der Waals surface area (Å²) in [5.41, 5.74) is 4.30. The van der Waals surface area contributed by atoms with Gasteiger partial charge in [0, 0.05) is 22.7 Å².